The lowest BCUT2D eigenvalue weighted by molar-refractivity contribution is 0.100. The number of hydrogen-bond acceptors (Lipinski definition) is 3. The van der Waals surface area contributed by atoms with Crippen LogP contribution in [0.5, 0.6) is 0 Å². The minimum Gasteiger partial charge on any atom is -0.397 e. The molecule has 0 atom stereocenters. The van der Waals surface area contributed by atoms with E-state index < -0.39 is 5.91 Å². The summed E-state index contributed by atoms with van der Waals surface area (Å²) in [6, 6.07) is 11.0. The fraction of sp³-hybridized carbons (Fsp3) is 0.133. The van der Waals surface area contributed by atoms with E-state index in [-0.39, 0.29) is 5.82 Å². The van der Waals surface area contributed by atoms with Crippen molar-refractivity contribution in [1.29, 1.82) is 0 Å². The zero-order valence-electron chi connectivity index (χ0n) is 11.1. The summed E-state index contributed by atoms with van der Waals surface area (Å²) in [6.45, 7) is 2.50. The molecule has 0 radical (unpaired) electrons. The maximum Gasteiger partial charge on any atom is 0.248 e. The summed E-state index contributed by atoms with van der Waals surface area (Å²) in [7, 11) is 0. The largest absolute Gasteiger partial charge is 0.397 e. The van der Waals surface area contributed by atoms with Crippen molar-refractivity contribution in [2.75, 3.05) is 17.2 Å². The summed E-state index contributed by atoms with van der Waals surface area (Å²) >= 11 is 0. The smallest absolute Gasteiger partial charge is 0.248 e. The van der Waals surface area contributed by atoms with E-state index in [4.69, 9.17) is 11.5 Å². The van der Waals surface area contributed by atoms with Gasteiger partial charge in [-0.05, 0) is 43.3 Å². The molecular formula is C15H16FN3O. The number of hydrogen-bond donors (Lipinski definition) is 2. The van der Waals surface area contributed by atoms with Gasteiger partial charge in [0.25, 0.3) is 0 Å². The van der Waals surface area contributed by atoms with Crippen LogP contribution in [0.2, 0.25) is 0 Å². The number of rotatable bonds is 4. The standard InChI is InChI=1S/C15H16FN3O/c1-2-19(12-5-3-4-11(16)9-12)14-8-10(15(18)20)6-7-13(14)17/h3-9H,2,17H2,1H3,(H2,18,20). The molecule has 0 aliphatic carbocycles. The lowest BCUT2D eigenvalue weighted by atomic mass is 10.1. The van der Waals surface area contributed by atoms with Gasteiger partial charge in [-0.2, -0.15) is 0 Å². The third-order valence-corrected chi connectivity index (χ3v) is 3.04. The fourth-order valence-electron chi connectivity index (χ4n) is 2.07. The fourth-order valence-corrected chi connectivity index (χ4v) is 2.07. The van der Waals surface area contributed by atoms with Crippen LogP contribution in [0.15, 0.2) is 42.5 Å². The molecule has 4 N–H and O–H groups in total. The number of carbonyl (C=O) groups excluding carboxylic acids is 1. The van der Waals surface area contributed by atoms with Crippen LogP contribution in [0.3, 0.4) is 0 Å². The van der Waals surface area contributed by atoms with Gasteiger partial charge in [0.1, 0.15) is 5.82 Å². The third-order valence-electron chi connectivity index (χ3n) is 3.04. The van der Waals surface area contributed by atoms with Gasteiger partial charge in [0.2, 0.25) is 5.91 Å². The molecular weight excluding hydrogens is 257 g/mol. The molecule has 0 aromatic heterocycles. The molecule has 0 saturated carbocycles. The monoisotopic (exact) mass is 273 g/mol. The Kier molecular flexibility index (Phi) is 3.89. The number of benzene rings is 2. The zero-order chi connectivity index (χ0) is 14.7. The Bertz CT molecular complexity index is 643. The number of anilines is 3. The van der Waals surface area contributed by atoms with Gasteiger partial charge in [-0.3, -0.25) is 4.79 Å². The number of primary amides is 1. The molecule has 2 aromatic carbocycles. The maximum absolute atomic E-state index is 13.4. The van der Waals surface area contributed by atoms with Crippen LogP contribution in [-0.4, -0.2) is 12.5 Å². The van der Waals surface area contributed by atoms with E-state index in [9.17, 15) is 9.18 Å². The van der Waals surface area contributed by atoms with Crippen molar-refractivity contribution in [2.45, 2.75) is 6.92 Å². The normalized spacial score (nSPS) is 10.3. The first-order valence-electron chi connectivity index (χ1n) is 6.25. The predicted molar refractivity (Wildman–Crippen MR) is 78.5 cm³/mol. The Hall–Kier alpha value is -2.56. The second-order valence-electron chi connectivity index (χ2n) is 4.36. The number of halogens is 1. The van der Waals surface area contributed by atoms with Gasteiger partial charge in [-0.25, -0.2) is 4.39 Å². The maximum atomic E-state index is 13.4. The minimum atomic E-state index is -0.526. The van der Waals surface area contributed by atoms with E-state index in [1.54, 1.807) is 30.3 Å². The zero-order valence-corrected chi connectivity index (χ0v) is 11.1. The van der Waals surface area contributed by atoms with Crippen LogP contribution in [0.4, 0.5) is 21.5 Å². The second-order valence-corrected chi connectivity index (χ2v) is 4.36. The molecule has 0 unspecified atom stereocenters. The van der Waals surface area contributed by atoms with E-state index in [1.807, 2.05) is 11.8 Å². The summed E-state index contributed by atoms with van der Waals surface area (Å²) in [5.74, 6) is -0.855. The highest BCUT2D eigenvalue weighted by Gasteiger charge is 2.13. The molecule has 5 heteroatoms. The van der Waals surface area contributed by atoms with Gasteiger partial charge in [-0.15, -0.1) is 0 Å². The lowest BCUT2D eigenvalue weighted by Crippen LogP contribution is -2.19. The Morgan fingerprint density at radius 1 is 1.25 bits per heavy atom. The summed E-state index contributed by atoms with van der Waals surface area (Å²) in [6.07, 6.45) is 0. The SMILES string of the molecule is CCN(c1cccc(F)c1)c1cc(C(N)=O)ccc1N. The molecule has 0 spiro atoms. The number of amides is 1. The second kappa shape index (κ2) is 5.61. The van der Waals surface area contributed by atoms with Crippen molar-refractivity contribution in [3.63, 3.8) is 0 Å². The number of carbonyl (C=O) groups is 1. The summed E-state index contributed by atoms with van der Waals surface area (Å²) in [5, 5.41) is 0. The van der Waals surface area contributed by atoms with Gasteiger partial charge in [-0.1, -0.05) is 6.07 Å². The first-order valence-corrected chi connectivity index (χ1v) is 6.25. The molecule has 0 aliphatic rings. The Morgan fingerprint density at radius 2 is 2.00 bits per heavy atom. The quantitative estimate of drug-likeness (QED) is 0.841. The van der Waals surface area contributed by atoms with Crippen LogP contribution >= 0.6 is 0 Å². The molecule has 0 bridgehead atoms. The highest BCUT2D eigenvalue weighted by molar-refractivity contribution is 5.95. The average Bonchev–Trinajstić information content (AvgIpc) is 2.41. The molecule has 2 rings (SSSR count). The van der Waals surface area contributed by atoms with Crippen molar-refractivity contribution in [1.82, 2.24) is 0 Å². The number of nitrogens with two attached hydrogens (primary N) is 2. The topological polar surface area (TPSA) is 72.3 Å². The predicted octanol–water partition coefficient (Wildman–Crippen LogP) is 2.66. The van der Waals surface area contributed by atoms with Crippen LogP contribution in [0, 0.1) is 5.82 Å². The van der Waals surface area contributed by atoms with Gasteiger partial charge in [0.15, 0.2) is 0 Å². The Morgan fingerprint density at radius 3 is 2.60 bits per heavy atom. The van der Waals surface area contributed by atoms with Gasteiger partial charge < -0.3 is 16.4 Å². The van der Waals surface area contributed by atoms with Crippen LogP contribution in [0.25, 0.3) is 0 Å². The Balaban J connectivity index is 2.51. The highest BCUT2D eigenvalue weighted by Crippen LogP contribution is 2.31. The molecule has 2 aromatic rings. The summed E-state index contributed by atoms with van der Waals surface area (Å²) in [4.78, 5) is 13.1. The average molecular weight is 273 g/mol. The van der Waals surface area contributed by atoms with Crippen molar-refractivity contribution in [3.05, 3.63) is 53.8 Å². The van der Waals surface area contributed by atoms with Crippen molar-refractivity contribution in [3.8, 4) is 0 Å². The number of nitrogen functional groups attached to an aromatic ring is 1. The molecule has 104 valence electrons. The van der Waals surface area contributed by atoms with Crippen LogP contribution in [0.1, 0.15) is 17.3 Å². The molecule has 0 aliphatic heterocycles. The minimum absolute atomic E-state index is 0.328. The van der Waals surface area contributed by atoms with E-state index in [2.05, 4.69) is 0 Å². The molecule has 1 amide bonds. The molecule has 0 fully saturated rings. The van der Waals surface area contributed by atoms with Gasteiger partial charge in [0, 0.05) is 17.8 Å². The van der Waals surface area contributed by atoms with Crippen molar-refractivity contribution in [2.24, 2.45) is 5.73 Å². The first-order chi connectivity index (χ1) is 9.52. The van der Waals surface area contributed by atoms with Crippen molar-refractivity contribution < 1.29 is 9.18 Å². The lowest BCUT2D eigenvalue weighted by Gasteiger charge is -2.25. The third kappa shape index (κ3) is 2.71. The van der Waals surface area contributed by atoms with E-state index in [1.165, 1.54) is 12.1 Å². The van der Waals surface area contributed by atoms with Crippen molar-refractivity contribution >= 4 is 23.0 Å². The Labute approximate surface area is 116 Å². The number of nitrogens with zero attached hydrogens (tertiary/aromatic N) is 1. The first kappa shape index (κ1) is 13.9. The molecule has 20 heavy (non-hydrogen) atoms. The van der Waals surface area contributed by atoms with E-state index >= 15 is 0 Å². The van der Waals surface area contributed by atoms with Gasteiger partial charge in [0.05, 0.1) is 11.4 Å². The molecule has 0 saturated heterocycles. The van der Waals surface area contributed by atoms with Crippen LogP contribution in [-0.2, 0) is 0 Å². The van der Waals surface area contributed by atoms with Gasteiger partial charge >= 0.3 is 0 Å². The van der Waals surface area contributed by atoms with E-state index in [0.717, 1.165) is 0 Å². The summed E-state index contributed by atoms with van der Waals surface area (Å²) in [5.41, 5.74) is 13.4. The van der Waals surface area contributed by atoms with Crippen LogP contribution < -0.4 is 16.4 Å². The molecule has 0 heterocycles. The summed E-state index contributed by atoms with van der Waals surface area (Å²) < 4.78 is 13.4. The highest BCUT2D eigenvalue weighted by atomic mass is 19.1. The van der Waals surface area contributed by atoms with E-state index in [0.29, 0.717) is 29.2 Å². The molecule has 4 nitrogen and oxygen atoms in total.